The Labute approximate surface area is 94.5 Å². The summed E-state index contributed by atoms with van der Waals surface area (Å²) in [7, 11) is -5.28. The zero-order chi connectivity index (χ0) is 13.4. The van der Waals surface area contributed by atoms with Gasteiger partial charge in [-0.2, -0.15) is 13.2 Å². The number of rotatable bonds is 3. The van der Waals surface area contributed by atoms with Crippen LogP contribution in [0.3, 0.4) is 0 Å². The lowest BCUT2D eigenvalue weighted by atomic mass is 9.82. The van der Waals surface area contributed by atoms with Crippen molar-refractivity contribution in [1.82, 2.24) is 4.72 Å². The van der Waals surface area contributed by atoms with Crippen LogP contribution in [0.15, 0.2) is 0 Å². The second kappa shape index (κ2) is 4.18. The molecule has 0 heterocycles. The van der Waals surface area contributed by atoms with E-state index in [1.165, 1.54) is 13.8 Å². The molecule has 0 aliphatic carbocycles. The molecule has 16 heavy (non-hydrogen) atoms. The van der Waals surface area contributed by atoms with Gasteiger partial charge in [0, 0.05) is 5.54 Å². The van der Waals surface area contributed by atoms with E-state index in [0.29, 0.717) is 6.42 Å². The largest absolute Gasteiger partial charge is 0.511 e. The highest BCUT2D eigenvalue weighted by Crippen LogP contribution is 2.30. The van der Waals surface area contributed by atoms with Gasteiger partial charge in [-0.3, -0.25) is 0 Å². The van der Waals surface area contributed by atoms with Crippen molar-refractivity contribution >= 4 is 10.0 Å². The normalized spacial score (nSPS) is 15.2. The number of hydrogen-bond donors (Lipinski definition) is 1. The molecule has 0 aliphatic rings. The Morgan fingerprint density at radius 3 is 1.62 bits per heavy atom. The summed E-state index contributed by atoms with van der Waals surface area (Å²) in [5.41, 5.74) is -6.66. The summed E-state index contributed by atoms with van der Waals surface area (Å²) < 4.78 is 59.9. The Morgan fingerprint density at radius 2 is 1.38 bits per heavy atom. The van der Waals surface area contributed by atoms with Gasteiger partial charge in [0.05, 0.1) is 0 Å². The Balaban J connectivity index is 4.87. The first-order chi connectivity index (χ1) is 6.66. The van der Waals surface area contributed by atoms with Gasteiger partial charge in [0.2, 0.25) is 0 Å². The Hall–Kier alpha value is -0.300. The number of sulfonamides is 1. The molecule has 0 bridgehead atoms. The second-order valence-electron chi connectivity index (χ2n) is 5.67. The van der Waals surface area contributed by atoms with Gasteiger partial charge >= 0.3 is 15.5 Å². The van der Waals surface area contributed by atoms with Gasteiger partial charge in [-0.25, -0.2) is 13.1 Å². The maximum absolute atomic E-state index is 12.1. The van der Waals surface area contributed by atoms with Crippen LogP contribution in [0.4, 0.5) is 13.2 Å². The summed E-state index contributed by atoms with van der Waals surface area (Å²) in [6.45, 7) is 8.35. The fourth-order valence-electron chi connectivity index (χ4n) is 1.78. The van der Waals surface area contributed by atoms with Crippen molar-refractivity contribution in [1.29, 1.82) is 0 Å². The molecule has 98 valence electrons. The highest BCUT2D eigenvalue weighted by Gasteiger charge is 2.48. The maximum Gasteiger partial charge on any atom is 0.511 e. The molecule has 0 saturated heterocycles. The van der Waals surface area contributed by atoms with E-state index in [1.54, 1.807) is 4.72 Å². The van der Waals surface area contributed by atoms with Crippen LogP contribution in [0.5, 0.6) is 0 Å². The van der Waals surface area contributed by atoms with Crippen molar-refractivity contribution in [3.05, 3.63) is 0 Å². The van der Waals surface area contributed by atoms with Crippen LogP contribution in [-0.2, 0) is 10.0 Å². The zero-order valence-electron chi connectivity index (χ0n) is 10.1. The van der Waals surface area contributed by atoms with Crippen molar-refractivity contribution in [3.8, 4) is 0 Å². The third kappa shape index (κ3) is 5.16. The predicted molar refractivity (Wildman–Crippen MR) is 56.3 cm³/mol. The summed E-state index contributed by atoms with van der Waals surface area (Å²) in [5.74, 6) is 0. The lowest BCUT2D eigenvalue weighted by Crippen LogP contribution is -2.50. The molecule has 0 rings (SSSR count). The van der Waals surface area contributed by atoms with E-state index in [-0.39, 0.29) is 5.41 Å². The zero-order valence-corrected chi connectivity index (χ0v) is 10.9. The minimum absolute atomic E-state index is 0.266. The lowest BCUT2D eigenvalue weighted by Gasteiger charge is -2.33. The topological polar surface area (TPSA) is 46.2 Å². The third-order valence-corrected chi connectivity index (χ3v) is 3.12. The molecule has 1 N–H and O–H groups in total. The monoisotopic (exact) mass is 261 g/mol. The van der Waals surface area contributed by atoms with Gasteiger partial charge in [0.15, 0.2) is 0 Å². The molecule has 0 aromatic carbocycles. The van der Waals surface area contributed by atoms with Crippen molar-refractivity contribution < 1.29 is 21.6 Å². The van der Waals surface area contributed by atoms with Gasteiger partial charge in [0.1, 0.15) is 0 Å². The SMILES string of the molecule is CC(C)(C)CC(C)(C)NS(=O)(=O)C(F)(F)F. The number of nitrogens with one attached hydrogen (secondary N) is 1. The summed E-state index contributed by atoms with van der Waals surface area (Å²) in [4.78, 5) is 0. The molecule has 0 unspecified atom stereocenters. The molecule has 0 saturated carbocycles. The van der Waals surface area contributed by atoms with E-state index in [4.69, 9.17) is 0 Å². The number of alkyl halides is 3. The first kappa shape index (κ1) is 15.7. The molecule has 0 amide bonds. The molecule has 0 aliphatic heterocycles. The summed E-state index contributed by atoms with van der Waals surface area (Å²) in [6.07, 6.45) is 0.301. The number of halogens is 3. The molecule has 0 radical (unpaired) electrons. The quantitative estimate of drug-likeness (QED) is 0.849. The standard InChI is InChI=1S/C9H18F3NO2S/c1-7(2,3)6-8(4,5)13-16(14,15)9(10,11)12/h13H,6H2,1-5H3. The van der Waals surface area contributed by atoms with Crippen LogP contribution in [-0.4, -0.2) is 19.5 Å². The molecule has 0 aromatic heterocycles. The van der Waals surface area contributed by atoms with E-state index in [2.05, 4.69) is 0 Å². The summed E-state index contributed by atoms with van der Waals surface area (Å²) in [6, 6.07) is 0. The van der Waals surface area contributed by atoms with E-state index < -0.39 is 21.1 Å². The molecule has 0 spiro atoms. The van der Waals surface area contributed by atoms with Crippen molar-refractivity contribution in [2.45, 2.75) is 52.1 Å². The van der Waals surface area contributed by atoms with Crippen molar-refractivity contribution in [2.24, 2.45) is 5.41 Å². The minimum Gasteiger partial charge on any atom is -0.203 e. The Kier molecular flexibility index (Phi) is 4.10. The summed E-state index contributed by atoms with van der Waals surface area (Å²) in [5, 5.41) is 0. The van der Waals surface area contributed by atoms with Crippen LogP contribution >= 0.6 is 0 Å². The van der Waals surface area contributed by atoms with Gasteiger partial charge in [-0.1, -0.05) is 20.8 Å². The van der Waals surface area contributed by atoms with Crippen LogP contribution in [0.2, 0.25) is 0 Å². The van der Waals surface area contributed by atoms with Crippen molar-refractivity contribution in [3.63, 3.8) is 0 Å². The maximum atomic E-state index is 12.1. The Bertz CT molecular complexity index is 339. The first-order valence-electron chi connectivity index (χ1n) is 4.77. The third-order valence-electron chi connectivity index (χ3n) is 1.69. The second-order valence-corrected chi connectivity index (χ2v) is 7.35. The van der Waals surface area contributed by atoms with E-state index >= 15 is 0 Å². The van der Waals surface area contributed by atoms with Gasteiger partial charge in [0.25, 0.3) is 0 Å². The smallest absolute Gasteiger partial charge is 0.203 e. The molecule has 0 atom stereocenters. The Morgan fingerprint density at radius 1 is 1.00 bits per heavy atom. The molecular formula is C9H18F3NO2S. The highest BCUT2D eigenvalue weighted by molar-refractivity contribution is 7.90. The van der Waals surface area contributed by atoms with Crippen LogP contribution in [0.1, 0.15) is 41.0 Å². The average Bonchev–Trinajstić information content (AvgIpc) is 1.72. The fourth-order valence-corrected chi connectivity index (χ4v) is 2.70. The van der Waals surface area contributed by atoms with E-state index in [1.807, 2.05) is 20.8 Å². The summed E-state index contributed by atoms with van der Waals surface area (Å²) >= 11 is 0. The highest BCUT2D eigenvalue weighted by atomic mass is 32.2. The lowest BCUT2D eigenvalue weighted by molar-refractivity contribution is -0.0457. The van der Waals surface area contributed by atoms with Gasteiger partial charge < -0.3 is 0 Å². The predicted octanol–water partition coefficient (Wildman–Crippen LogP) is 2.64. The van der Waals surface area contributed by atoms with Crippen LogP contribution < -0.4 is 4.72 Å². The molecule has 0 aromatic rings. The first-order valence-corrected chi connectivity index (χ1v) is 6.25. The van der Waals surface area contributed by atoms with Gasteiger partial charge in [-0.15, -0.1) is 0 Å². The van der Waals surface area contributed by atoms with E-state index in [9.17, 15) is 21.6 Å². The molecular weight excluding hydrogens is 243 g/mol. The van der Waals surface area contributed by atoms with Gasteiger partial charge in [-0.05, 0) is 25.7 Å². The van der Waals surface area contributed by atoms with Crippen LogP contribution in [0.25, 0.3) is 0 Å². The number of hydrogen-bond acceptors (Lipinski definition) is 2. The van der Waals surface area contributed by atoms with Crippen molar-refractivity contribution in [2.75, 3.05) is 0 Å². The minimum atomic E-state index is -5.28. The molecule has 3 nitrogen and oxygen atoms in total. The van der Waals surface area contributed by atoms with Crippen LogP contribution in [0, 0.1) is 5.41 Å². The molecule has 7 heteroatoms. The molecule has 0 fully saturated rings. The fraction of sp³-hybridized carbons (Fsp3) is 1.00. The van der Waals surface area contributed by atoms with E-state index in [0.717, 1.165) is 0 Å². The average molecular weight is 261 g/mol.